The maximum atomic E-state index is 5.47. The Morgan fingerprint density at radius 2 is 2.27 bits per heavy atom. The van der Waals surface area contributed by atoms with Crippen molar-refractivity contribution in [2.45, 2.75) is 0 Å². The summed E-state index contributed by atoms with van der Waals surface area (Å²) in [5, 5.41) is 3.30. The zero-order valence-electron chi connectivity index (χ0n) is 9.44. The maximum Gasteiger partial charge on any atom is 0.137 e. The zero-order chi connectivity index (χ0) is 10.9. The third-order valence-electron chi connectivity index (χ3n) is 1.92. The highest BCUT2D eigenvalue weighted by Gasteiger charge is 1.92. The van der Waals surface area contributed by atoms with Crippen molar-refractivity contribution in [1.82, 2.24) is 15.2 Å². The van der Waals surface area contributed by atoms with Gasteiger partial charge in [-0.25, -0.2) is 0 Å². The van der Waals surface area contributed by atoms with Gasteiger partial charge in [0.2, 0.25) is 0 Å². The van der Waals surface area contributed by atoms with Gasteiger partial charge in [-0.15, -0.1) is 0 Å². The molecular weight excluding hydrogens is 190 g/mol. The average molecular weight is 209 g/mol. The SMILES string of the molecule is CN(C)CCNCCOc1cccnc1. The Labute approximate surface area is 91.3 Å². The molecule has 15 heavy (non-hydrogen) atoms. The normalized spacial score (nSPS) is 10.6. The molecule has 1 N–H and O–H groups in total. The van der Waals surface area contributed by atoms with Gasteiger partial charge in [-0.3, -0.25) is 4.98 Å². The minimum absolute atomic E-state index is 0.680. The predicted octanol–water partition coefficient (Wildman–Crippen LogP) is 0.612. The van der Waals surface area contributed by atoms with Crippen molar-refractivity contribution < 1.29 is 4.74 Å². The van der Waals surface area contributed by atoms with Crippen LogP contribution in [0.1, 0.15) is 0 Å². The number of likely N-dealkylation sites (N-methyl/N-ethyl adjacent to an activating group) is 1. The number of rotatable bonds is 7. The Morgan fingerprint density at radius 1 is 1.40 bits per heavy atom. The largest absolute Gasteiger partial charge is 0.491 e. The molecule has 84 valence electrons. The number of ether oxygens (including phenoxy) is 1. The van der Waals surface area contributed by atoms with E-state index in [1.807, 2.05) is 12.1 Å². The van der Waals surface area contributed by atoms with Crippen LogP contribution >= 0.6 is 0 Å². The first kappa shape index (κ1) is 11.9. The third-order valence-corrected chi connectivity index (χ3v) is 1.92. The Balaban J connectivity index is 1.98. The molecule has 1 rings (SSSR count). The van der Waals surface area contributed by atoms with Gasteiger partial charge in [0.15, 0.2) is 0 Å². The number of aromatic nitrogens is 1. The van der Waals surface area contributed by atoms with E-state index in [1.54, 1.807) is 12.4 Å². The quantitative estimate of drug-likeness (QED) is 0.668. The topological polar surface area (TPSA) is 37.4 Å². The van der Waals surface area contributed by atoms with Gasteiger partial charge >= 0.3 is 0 Å². The van der Waals surface area contributed by atoms with E-state index < -0.39 is 0 Å². The van der Waals surface area contributed by atoms with Crippen LogP contribution in [0.25, 0.3) is 0 Å². The summed E-state index contributed by atoms with van der Waals surface area (Å²) < 4.78 is 5.47. The first-order valence-corrected chi connectivity index (χ1v) is 5.17. The molecule has 0 aromatic carbocycles. The maximum absolute atomic E-state index is 5.47. The summed E-state index contributed by atoms with van der Waals surface area (Å²) in [4.78, 5) is 6.12. The minimum atomic E-state index is 0.680. The first-order valence-electron chi connectivity index (χ1n) is 5.17. The smallest absolute Gasteiger partial charge is 0.137 e. The van der Waals surface area contributed by atoms with Gasteiger partial charge in [-0.05, 0) is 26.2 Å². The summed E-state index contributed by atoms with van der Waals surface area (Å²) in [6.45, 7) is 3.58. The Kier molecular flexibility index (Phi) is 5.73. The lowest BCUT2D eigenvalue weighted by Crippen LogP contribution is -2.29. The lowest BCUT2D eigenvalue weighted by atomic mass is 10.5. The van der Waals surface area contributed by atoms with Crippen LogP contribution in [0.3, 0.4) is 0 Å². The molecule has 0 amide bonds. The van der Waals surface area contributed by atoms with Crippen LogP contribution in [0, 0.1) is 0 Å². The second-order valence-electron chi connectivity index (χ2n) is 3.59. The zero-order valence-corrected chi connectivity index (χ0v) is 9.44. The fraction of sp³-hybridized carbons (Fsp3) is 0.545. The molecule has 0 spiro atoms. The monoisotopic (exact) mass is 209 g/mol. The molecule has 0 aliphatic carbocycles. The number of hydrogen-bond acceptors (Lipinski definition) is 4. The molecular formula is C11H19N3O. The molecule has 1 heterocycles. The summed E-state index contributed by atoms with van der Waals surface area (Å²) >= 11 is 0. The summed E-state index contributed by atoms with van der Waals surface area (Å²) in [5.41, 5.74) is 0. The Morgan fingerprint density at radius 3 is 2.93 bits per heavy atom. The molecule has 1 aromatic rings. The summed E-state index contributed by atoms with van der Waals surface area (Å²) in [5.74, 6) is 0.826. The van der Waals surface area contributed by atoms with Crippen molar-refractivity contribution in [2.24, 2.45) is 0 Å². The molecule has 4 heteroatoms. The predicted molar refractivity (Wildman–Crippen MR) is 61.2 cm³/mol. The fourth-order valence-electron chi connectivity index (χ4n) is 1.10. The van der Waals surface area contributed by atoms with Crippen LogP contribution in [-0.4, -0.2) is 50.2 Å². The van der Waals surface area contributed by atoms with E-state index in [0.29, 0.717) is 6.61 Å². The summed E-state index contributed by atoms with van der Waals surface area (Å²) in [6, 6.07) is 3.78. The van der Waals surface area contributed by atoms with Crippen LogP contribution in [0.2, 0.25) is 0 Å². The van der Waals surface area contributed by atoms with Gasteiger partial charge < -0.3 is 15.0 Å². The molecule has 0 saturated carbocycles. The van der Waals surface area contributed by atoms with Crippen molar-refractivity contribution in [3.05, 3.63) is 24.5 Å². The van der Waals surface area contributed by atoms with E-state index >= 15 is 0 Å². The molecule has 4 nitrogen and oxygen atoms in total. The van der Waals surface area contributed by atoms with Crippen LogP contribution in [0.4, 0.5) is 0 Å². The lowest BCUT2D eigenvalue weighted by Gasteiger charge is -2.10. The number of nitrogens with zero attached hydrogens (tertiary/aromatic N) is 2. The van der Waals surface area contributed by atoms with Gasteiger partial charge in [-0.1, -0.05) is 0 Å². The second-order valence-corrected chi connectivity index (χ2v) is 3.59. The van der Waals surface area contributed by atoms with E-state index in [1.165, 1.54) is 0 Å². The Hall–Kier alpha value is -1.13. The summed E-state index contributed by atoms with van der Waals surface area (Å²) in [7, 11) is 4.13. The van der Waals surface area contributed by atoms with Crippen LogP contribution in [0.15, 0.2) is 24.5 Å². The van der Waals surface area contributed by atoms with Gasteiger partial charge in [0.1, 0.15) is 12.4 Å². The molecule has 0 bridgehead atoms. The third kappa shape index (κ3) is 6.04. The van der Waals surface area contributed by atoms with Gasteiger partial charge in [0.25, 0.3) is 0 Å². The van der Waals surface area contributed by atoms with Crippen molar-refractivity contribution in [1.29, 1.82) is 0 Å². The second kappa shape index (κ2) is 7.20. The highest BCUT2D eigenvalue weighted by molar-refractivity contribution is 5.15. The highest BCUT2D eigenvalue weighted by atomic mass is 16.5. The van der Waals surface area contributed by atoms with Gasteiger partial charge in [0.05, 0.1) is 6.20 Å². The lowest BCUT2D eigenvalue weighted by molar-refractivity contribution is 0.307. The number of hydrogen-bond donors (Lipinski definition) is 1. The first-order chi connectivity index (χ1) is 7.29. The van der Waals surface area contributed by atoms with E-state index in [-0.39, 0.29) is 0 Å². The van der Waals surface area contributed by atoms with Gasteiger partial charge in [0, 0.05) is 25.8 Å². The van der Waals surface area contributed by atoms with Crippen LogP contribution in [0.5, 0.6) is 5.75 Å². The average Bonchev–Trinajstić information content (AvgIpc) is 2.24. The molecule has 0 unspecified atom stereocenters. The van der Waals surface area contributed by atoms with Crippen molar-refractivity contribution in [3.8, 4) is 5.75 Å². The minimum Gasteiger partial charge on any atom is -0.491 e. The van der Waals surface area contributed by atoms with E-state index in [9.17, 15) is 0 Å². The van der Waals surface area contributed by atoms with Crippen molar-refractivity contribution >= 4 is 0 Å². The van der Waals surface area contributed by atoms with E-state index in [0.717, 1.165) is 25.4 Å². The molecule has 1 aromatic heterocycles. The molecule has 0 aliphatic heterocycles. The molecule has 0 atom stereocenters. The number of pyridine rings is 1. The molecule has 0 radical (unpaired) electrons. The standard InChI is InChI=1S/C11H19N3O/c1-14(2)8-6-12-7-9-15-11-4-3-5-13-10-11/h3-5,10,12H,6-9H2,1-2H3. The fourth-order valence-corrected chi connectivity index (χ4v) is 1.10. The van der Waals surface area contributed by atoms with Crippen LogP contribution in [-0.2, 0) is 0 Å². The molecule has 0 aliphatic rings. The van der Waals surface area contributed by atoms with Crippen molar-refractivity contribution in [3.63, 3.8) is 0 Å². The van der Waals surface area contributed by atoms with Crippen LogP contribution < -0.4 is 10.1 Å². The summed E-state index contributed by atoms with van der Waals surface area (Å²) in [6.07, 6.45) is 3.46. The highest BCUT2D eigenvalue weighted by Crippen LogP contribution is 2.04. The van der Waals surface area contributed by atoms with E-state index in [2.05, 4.69) is 29.3 Å². The number of nitrogens with one attached hydrogen (secondary N) is 1. The molecule has 0 fully saturated rings. The van der Waals surface area contributed by atoms with Gasteiger partial charge in [-0.2, -0.15) is 0 Å². The van der Waals surface area contributed by atoms with E-state index in [4.69, 9.17) is 4.74 Å². The Bertz CT molecular complexity index is 251. The molecule has 0 saturated heterocycles. The van der Waals surface area contributed by atoms with Crippen molar-refractivity contribution in [2.75, 3.05) is 40.3 Å².